The normalized spacial score (nSPS) is 12.6. The smallest absolute Gasteiger partial charge is 0.0931 e. The van der Waals surface area contributed by atoms with E-state index in [1.54, 1.807) is 26.3 Å². The third kappa shape index (κ3) is 3.59. The number of nitrogens with one attached hydrogen (secondary N) is 1. The first-order chi connectivity index (χ1) is 9.50. The van der Waals surface area contributed by atoms with Crippen LogP contribution in [0.5, 0.6) is 0 Å². The number of aromatic amines is 1. The molecule has 20 heavy (non-hydrogen) atoms. The highest BCUT2D eigenvalue weighted by molar-refractivity contribution is 6.27. The van der Waals surface area contributed by atoms with E-state index in [0.717, 1.165) is 22.5 Å². The van der Waals surface area contributed by atoms with E-state index in [2.05, 4.69) is 9.97 Å². The van der Waals surface area contributed by atoms with Gasteiger partial charge in [-0.2, -0.15) is 0 Å². The molecular formula is C16H17ClN2O. The number of H-pyrrole nitrogens is 1. The second-order valence-corrected chi connectivity index (χ2v) is 5.26. The molecule has 1 aromatic heterocycles. The van der Waals surface area contributed by atoms with Gasteiger partial charge in [-0.3, -0.25) is 0 Å². The lowest BCUT2D eigenvalue weighted by atomic mass is 9.97. The third-order valence-electron chi connectivity index (χ3n) is 2.98. The average molecular weight is 289 g/mol. The van der Waals surface area contributed by atoms with E-state index >= 15 is 0 Å². The molecule has 2 rings (SSSR count). The zero-order valence-corrected chi connectivity index (χ0v) is 12.2. The largest absolute Gasteiger partial charge is 0.386 e. The molecule has 1 aromatic carbocycles. The maximum absolute atomic E-state index is 9.90. The van der Waals surface area contributed by atoms with Crippen molar-refractivity contribution >= 4 is 29.8 Å². The van der Waals surface area contributed by atoms with E-state index < -0.39 is 5.60 Å². The van der Waals surface area contributed by atoms with Crippen LogP contribution in [0.1, 0.15) is 36.4 Å². The van der Waals surface area contributed by atoms with Crippen molar-refractivity contribution in [2.75, 3.05) is 0 Å². The number of hydrogen-bond donors (Lipinski definition) is 2. The standard InChI is InChI=1S/C16H17ClN2O/c1-16(2,20)13-6-3-12(4-7-13)5-8-14-15(9-10-17)19-11-18-14/h3-11,20H,1-2H3,(H,18,19)/b8-5+,10-9+. The topological polar surface area (TPSA) is 48.9 Å². The molecule has 0 atom stereocenters. The van der Waals surface area contributed by atoms with E-state index in [1.807, 2.05) is 36.4 Å². The molecule has 2 aromatic rings. The zero-order valence-electron chi connectivity index (χ0n) is 11.5. The molecule has 0 saturated carbocycles. The van der Waals surface area contributed by atoms with Crippen LogP contribution < -0.4 is 0 Å². The number of imidazole rings is 1. The van der Waals surface area contributed by atoms with E-state index in [9.17, 15) is 5.11 Å². The van der Waals surface area contributed by atoms with Gasteiger partial charge in [-0.15, -0.1) is 0 Å². The lowest BCUT2D eigenvalue weighted by molar-refractivity contribution is 0.0786. The summed E-state index contributed by atoms with van der Waals surface area (Å²) in [5.41, 5.74) is 4.26. The van der Waals surface area contributed by atoms with Crippen LogP contribution in [0.3, 0.4) is 0 Å². The molecule has 0 aliphatic rings. The molecule has 4 heteroatoms. The van der Waals surface area contributed by atoms with Crippen LogP contribution >= 0.6 is 11.6 Å². The summed E-state index contributed by atoms with van der Waals surface area (Å²) in [6, 6.07) is 7.77. The predicted octanol–water partition coefficient (Wildman–Crippen LogP) is 4.02. The summed E-state index contributed by atoms with van der Waals surface area (Å²) in [5, 5.41) is 9.90. The summed E-state index contributed by atoms with van der Waals surface area (Å²) in [7, 11) is 0. The maximum atomic E-state index is 9.90. The number of nitrogens with zero attached hydrogens (tertiary/aromatic N) is 1. The molecule has 0 aliphatic heterocycles. The minimum absolute atomic E-state index is 0.817. The van der Waals surface area contributed by atoms with Crippen LogP contribution in [-0.2, 0) is 5.60 Å². The van der Waals surface area contributed by atoms with Crippen molar-refractivity contribution in [3.8, 4) is 0 Å². The number of rotatable bonds is 4. The van der Waals surface area contributed by atoms with Crippen molar-refractivity contribution in [1.29, 1.82) is 0 Å². The summed E-state index contributed by atoms with van der Waals surface area (Å²) >= 11 is 5.57. The number of halogens is 1. The van der Waals surface area contributed by atoms with Gasteiger partial charge >= 0.3 is 0 Å². The number of aromatic nitrogens is 2. The summed E-state index contributed by atoms with van der Waals surface area (Å²) < 4.78 is 0. The summed E-state index contributed by atoms with van der Waals surface area (Å²) in [6.45, 7) is 3.54. The van der Waals surface area contributed by atoms with Crippen molar-refractivity contribution in [3.63, 3.8) is 0 Å². The van der Waals surface area contributed by atoms with Gasteiger partial charge in [0.1, 0.15) is 0 Å². The average Bonchev–Trinajstić information content (AvgIpc) is 2.84. The molecule has 3 nitrogen and oxygen atoms in total. The summed E-state index contributed by atoms with van der Waals surface area (Å²) in [6.07, 6.45) is 7.27. The SMILES string of the molecule is CC(C)(O)c1ccc(/C=C/c2nc[nH]c2/C=C/Cl)cc1. The summed E-state index contributed by atoms with van der Waals surface area (Å²) in [5.74, 6) is 0. The highest BCUT2D eigenvalue weighted by Crippen LogP contribution is 2.20. The van der Waals surface area contributed by atoms with Gasteiger partial charge < -0.3 is 10.1 Å². The Morgan fingerprint density at radius 1 is 1.15 bits per heavy atom. The van der Waals surface area contributed by atoms with Crippen LogP contribution in [-0.4, -0.2) is 15.1 Å². The van der Waals surface area contributed by atoms with Crippen molar-refractivity contribution in [2.45, 2.75) is 19.4 Å². The Labute approximate surface area is 123 Å². The monoisotopic (exact) mass is 288 g/mol. The van der Waals surface area contributed by atoms with Gasteiger partial charge in [-0.05, 0) is 37.1 Å². The molecular weight excluding hydrogens is 272 g/mol. The molecule has 104 valence electrons. The minimum atomic E-state index is -0.817. The van der Waals surface area contributed by atoms with E-state index in [1.165, 1.54) is 5.54 Å². The van der Waals surface area contributed by atoms with E-state index in [-0.39, 0.29) is 0 Å². The molecule has 2 N–H and O–H groups in total. The number of benzene rings is 1. The first-order valence-electron chi connectivity index (χ1n) is 6.32. The Morgan fingerprint density at radius 2 is 1.85 bits per heavy atom. The Bertz CT molecular complexity index is 619. The van der Waals surface area contributed by atoms with Gasteiger partial charge in [0, 0.05) is 5.54 Å². The zero-order chi connectivity index (χ0) is 14.6. The van der Waals surface area contributed by atoms with Crippen LogP contribution in [0.25, 0.3) is 18.2 Å². The predicted molar refractivity (Wildman–Crippen MR) is 84.1 cm³/mol. The fourth-order valence-electron chi connectivity index (χ4n) is 1.82. The fraction of sp³-hybridized carbons (Fsp3) is 0.188. The Kier molecular flexibility index (Phi) is 4.42. The van der Waals surface area contributed by atoms with E-state index in [4.69, 9.17) is 11.6 Å². The quantitative estimate of drug-likeness (QED) is 0.893. The first kappa shape index (κ1) is 14.6. The molecule has 0 amide bonds. The van der Waals surface area contributed by atoms with Gasteiger partial charge in [0.2, 0.25) is 0 Å². The second-order valence-electron chi connectivity index (χ2n) is 5.01. The molecule has 0 fully saturated rings. The highest BCUT2D eigenvalue weighted by Gasteiger charge is 2.14. The number of aliphatic hydroxyl groups is 1. The van der Waals surface area contributed by atoms with Crippen molar-refractivity contribution in [3.05, 3.63) is 58.6 Å². The molecule has 0 spiro atoms. The second kappa shape index (κ2) is 6.07. The van der Waals surface area contributed by atoms with Gasteiger partial charge in [0.05, 0.1) is 23.3 Å². The molecule has 0 saturated heterocycles. The van der Waals surface area contributed by atoms with Crippen molar-refractivity contribution in [1.82, 2.24) is 9.97 Å². The van der Waals surface area contributed by atoms with E-state index in [0.29, 0.717) is 0 Å². The Hall–Kier alpha value is -1.84. The Balaban J connectivity index is 2.17. The molecule has 0 bridgehead atoms. The third-order valence-corrected chi connectivity index (χ3v) is 3.11. The van der Waals surface area contributed by atoms with Crippen molar-refractivity contribution in [2.24, 2.45) is 0 Å². The van der Waals surface area contributed by atoms with Crippen molar-refractivity contribution < 1.29 is 5.11 Å². The fourth-order valence-corrected chi connectivity index (χ4v) is 1.95. The lowest BCUT2D eigenvalue weighted by Crippen LogP contribution is -2.14. The van der Waals surface area contributed by atoms with Crippen LogP contribution in [0.15, 0.2) is 36.1 Å². The molecule has 0 aliphatic carbocycles. The molecule has 1 heterocycles. The van der Waals surface area contributed by atoms with Gasteiger partial charge in [-0.1, -0.05) is 41.9 Å². The van der Waals surface area contributed by atoms with Gasteiger partial charge in [-0.25, -0.2) is 4.98 Å². The van der Waals surface area contributed by atoms with Crippen LogP contribution in [0, 0.1) is 0 Å². The number of hydrogen-bond acceptors (Lipinski definition) is 2. The van der Waals surface area contributed by atoms with Crippen LogP contribution in [0.2, 0.25) is 0 Å². The van der Waals surface area contributed by atoms with Gasteiger partial charge in [0.15, 0.2) is 0 Å². The maximum Gasteiger partial charge on any atom is 0.0931 e. The summed E-state index contributed by atoms with van der Waals surface area (Å²) in [4.78, 5) is 7.22. The molecule has 0 unspecified atom stereocenters. The first-order valence-corrected chi connectivity index (χ1v) is 6.75. The lowest BCUT2D eigenvalue weighted by Gasteiger charge is -2.17. The van der Waals surface area contributed by atoms with Crippen LogP contribution in [0.4, 0.5) is 0 Å². The van der Waals surface area contributed by atoms with Gasteiger partial charge in [0.25, 0.3) is 0 Å². The Morgan fingerprint density at radius 3 is 2.45 bits per heavy atom. The molecule has 0 radical (unpaired) electrons. The highest BCUT2D eigenvalue weighted by atomic mass is 35.5. The minimum Gasteiger partial charge on any atom is -0.386 e.